The molecule has 3 nitrogen and oxygen atoms in total. The first-order valence-corrected chi connectivity index (χ1v) is 4.79. The Labute approximate surface area is 91.9 Å². The van der Waals surface area contributed by atoms with Crippen LogP contribution in [0.1, 0.15) is 10.4 Å². The number of rotatable bonds is 2. The number of primary amides is 1. The van der Waals surface area contributed by atoms with Crippen LogP contribution in [0.2, 0.25) is 5.02 Å². The van der Waals surface area contributed by atoms with Crippen LogP contribution in [0.4, 0.5) is 0 Å². The monoisotopic (exact) mass is 220 g/mol. The first kappa shape index (κ1) is 9.80. The van der Waals surface area contributed by atoms with Crippen LogP contribution in [0.5, 0.6) is 0 Å². The van der Waals surface area contributed by atoms with Gasteiger partial charge >= 0.3 is 0 Å². The number of amides is 1. The van der Waals surface area contributed by atoms with Crippen molar-refractivity contribution in [3.8, 4) is 11.1 Å². The number of nitrogens with two attached hydrogens (primary N) is 1. The number of aromatic nitrogens is 1. The lowest BCUT2D eigenvalue weighted by molar-refractivity contribution is 0.100. The fourth-order valence-corrected chi connectivity index (χ4v) is 1.71. The van der Waals surface area contributed by atoms with Crippen LogP contribution in [0.15, 0.2) is 36.7 Å². The maximum atomic E-state index is 11.1. The molecule has 0 aliphatic carbocycles. The molecule has 0 fully saturated rings. The molecule has 1 aromatic carbocycles. The molecule has 76 valence electrons. The highest BCUT2D eigenvalue weighted by Crippen LogP contribution is 2.29. The molecule has 1 amide bonds. The first-order chi connectivity index (χ1) is 7.20. The van der Waals surface area contributed by atoms with Gasteiger partial charge in [0.15, 0.2) is 0 Å². The molecule has 0 aliphatic heterocycles. The summed E-state index contributed by atoms with van der Waals surface area (Å²) in [6, 6.07) is 7.31. The second kappa shape index (κ2) is 3.79. The van der Waals surface area contributed by atoms with Gasteiger partial charge in [0.2, 0.25) is 0 Å². The third-order valence-corrected chi connectivity index (χ3v) is 2.50. The fourth-order valence-electron chi connectivity index (χ4n) is 1.47. The van der Waals surface area contributed by atoms with Crippen molar-refractivity contribution in [1.29, 1.82) is 0 Å². The maximum absolute atomic E-state index is 11.1. The molecule has 4 heteroatoms. The topological polar surface area (TPSA) is 58.9 Å². The Morgan fingerprint density at radius 1 is 1.20 bits per heavy atom. The summed E-state index contributed by atoms with van der Waals surface area (Å²) >= 11 is 6.03. The minimum Gasteiger partial charge on any atom is -0.366 e. The molecule has 15 heavy (non-hydrogen) atoms. The smallest absolute Gasteiger partial charge is 0.250 e. The van der Waals surface area contributed by atoms with Crippen LogP contribution >= 0.6 is 11.6 Å². The molecule has 0 saturated carbocycles. The van der Waals surface area contributed by atoms with Crippen molar-refractivity contribution < 1.29 is 4.79 Å². The molecule has 0 radical (unpaired) electrons. The number of nitrogens with one attached hydrogen (secondary N) is 1. The molecule has 1 aromatic heterocycles. The van der Waals surface area contributed by atoms with Crippen LogP contribution in [-0.2, 0) is 0 Å². The average molecular weight is 221 g/mol. The van der Waals surface area contributed by atoms with E-state index in [4.69, 9.17) is 17.3 Å². The van der Waals surface area contributed by atoms with Crippen LogP contribution in [-0.4, -0.2) is 10.9 Å². The standard InChI is InChI=1S/C11H9ClN2O/c12-10-4-2-1-3-7(10)8-5-14-6-9(8)11(13)15/h1-6,14H,(H2,13,15). The van der Waals surface area contributed by atoms with E-state index in [1.807, 2.05) is 18.2 Å². The van der Waals surface area contributed by atoms with Crippen molar-refractivity contribution in [3.63, 3.8) is 0 Å². The summed E-state index contributed by atoms with van der Waals surface area (Å²) in [5.74, 6) is -0.467. The fraction of sp³-hybridized carbons (Fsp3) is 0. The summed E-state index contributed by atoms with van der Waals surface area (Å²) in [4.78, 5) is 14.0. The number of carbonyl (C=O) groups is 1. The van der Waals surface area contributed by atoms with Gasteiger partial charge in [-0.05, 0) is 6.07 Å². The van der Waals surface area contributed by atoms with Gasteiger partial charge in [-0.25, -0.2) is 0 Å². The molecule has 3 N–H and O–H groups in total. The summed E-state index contributed by atoms with van der Waals surface area (Å²) in [6.45, 7) is 0. The van der Waals surface area contributed by atoms with Gasteiger partial charge < -0.3 is 10.7 Å². The van der Waals surface area contributed by atoms with E-state index in [-0.39, 0.29) is 0 Å². The van der Waals surface area contributed by atoms with E-state index in [0.29, 0.717) is 10.6 Å². The van der Waals surface area contributed by atoms with Gasteiger partial charge in [-0.3, -0.25) is 4.79 Å². The molecule has 0 aliphatic rings. The van der Waals surface area contributed by atoms with Gasteiger partial charge in [0.1, 0.15) is 0 Å². The van der Waals surface area contributed by atoms with E-state index in [1.165, 1.54) is 0 Å². The molecule has 2 aromatic rings. The largest absolute Gasteiger partial charge is 0.366 e. The number of hydrogen-bond acceptors (Lipinski definition) is 1. The normalized spacial score (nSPS) is 10.2. The van der Waals surface area contributed by atoms with Crippen molar-refractivity contribution in [2.45, 2.75) is 0 Å². The minimum atomic E-state index is -0.467. The average Bonchev–Trinajstić information content (AvgIpc) is 2.67. The van der Waals surface area contributed by atoms with Gasteiger partial charge in [-0.1, -0.05) is 29.8 Å². The zero-order chi connectivity index (χ0) is 10.8. The third-order valence-electron chi connectivity index (χ3n) is 2.17. The number of aromatic amines is 1. The molecule has 0 bridgehead atoms. The Morgan fingerprint density at radius 3 is 2.60 bits per heavy atom. The molecule has 0 atom stereocenters. The highest BCUT2D eigenvalue weighted by molar-refractivity contribution is 6.33. The van der Waals surface area contributed by atoms with Crippen LogP contribution in [0.25, 0.3) is 11.1 Å². The van der Waals surface area contributed by atoms with Gasteiger partial charge in [0.05, 0.1) is 5.56 Å². The number of hydrogen-bond donors (Lipinski definition) is 2. The Kier molecular flexibility index (Phi) is 2.47. The lowest BCUT2D eigenvalue weighted by Crippen LogP contribution is -2.10. The second-order valence-corrected chi connectivity index (χ2v) is 3.53. The lowest BCUT2D eigenvalue weighted by Gasteiger charge is -2.02. The van der Waals surface area contributed by atoms with E-state index in [1.54, 1.807) is 18.5 Å². The summed E-state index contributed by atoms with van der Waals surface area (Å²) in [5.41, 5.74) is 7.22. The SMILES string of the molecule is NC(=O)c1c[nH]cc1-c1ccccc1Cl. The highest BCUT2D eigenvalue weighted by Gasteiger charge is 2.12. The zero-order valence-corrected chi connectivity index (χ0v) is 8.58. The predicted molar refractivity (Wildman–Crippen MR) is 59.8 cm³/mol. The summed E-state index contributed by atoms with van der Waals surface area (Å²) < 4.78 is 0. The second-order valence-electron chi connectivity index (χ2n) is 3.13. The number of H-pyrrole nitrogens is 1. The molecule has 1 heterocycles. The first-order valence-electron chi connectivity index (χ1n) is 4.41. The minimum absolute atomic E-state index is 0.447. The summed E-state index contributed by atoms with van der Waals surface area (Å²) in [5, 5.41) is 0.597. The quantitative estimate of drug-likeness (QED) is 0.803. The zero-order valence-electron chi connectivity index (χ0n) is 7.83. The molecular weight excluding hydrogens is 212 g/mol. The molecule has 2 rings (SSSR count). The van der Waals surface area contributed by atoms with E-state index in [9.17, 15) is 4.79 Å². The number of carbonyl (C=O) groups excluding carboxylic acids is 1. The van der Waals surface area contributed by atoms with Gasteiger partial charge in [-0.2, -0.15) is 0 Å². The number of halogens is 1. The van der Waals surface area contributed by atoms with Crippen LogP contribution in [0.3, 0.4) is 0 Å². The van der Waals surface area contributed by atoms with Crippen molar-refractivity contribution in [2.24, 2.45) is 5.73 Å². The highest BCUT2D eigenvalue weighted by atomic mass is 35.5. The Bertz CT molecular complexity index is 505. The van der Waals surface area contributed by atoms with Crippen molar-refractivity contribution in [2.75, 3.05) is 0 Å². The maximum Gasteiger partial charge on any atom is 0.250 e. The van der Waals surface area contributed by atoms with Crippen LogP contribution in [0, 0.1) is 0 Å². The Balaban J connectivity index is 2.59. The van der Waals surface area contributed by atoms with E-state index in [2.05, 4.69) is 4.98 Å². The third kappa shape index (κ3) is 1.74. The molecule has 0 saturated heterocycles. The van der Waals surface area contributed by atoms with Crippen LogP contribution < -0.4 is 5.73 Å². The number of benzene rings is 1. The molecule has 0 spiro atoms. The van der Waals surface area contributed by atoms with Crippen molar-refractivity contribution in [1.82, 2.24) is 4.98 Å². The van der Waals surface area contributed by atoms with E-state index >= 15 is 0 Å². The summed E-state index contributed by atoms with van der Waals surface area (Å²) in [6.07, 6.45) is 3.28. The molecular formula is C11H9ClN2O. The van der Waals surface area contributed by atoms with Gasteiger partial charge in [-0.15, -0.1) is 0 Å². The van der Waals surface area contributed by atoms with Crippen molar-refractivity contribution >= 4 is 17.5 Å². The van der Waals surface area contributed by atoms with Gasteiger partial charge in [0.25, 0.3) is 5.91 Å². The van der Waals surface area contributed by atoms with E-state index < -0.39 is 5.91 Å². The molecule has 0 unspecified atom stereocenters. The van der Waals surface area contributed by atoms with E-state index in [0.717, 1.165) is 11.1 Å². The predicted octanol–water partition coefficient (Wildman–Crippen LogP) is 2.43. The van der Waals surface area contributed by atoms with Gasteiger partial charge in [0, 0.05) is 28.5 Å². The van der Waals surface area contributed by atoms with Crippen molar-refractivity contribution in [3.05, 3.63) is 47.2 Å². The summed E-state index contributed by atoms with van der Waals surface area (Å²) in [7, 11) is 0. The lowest BCUT2D eigenvalue weighted by atomic mass is 10.0. The Morgan fingerprint density at radius 2 is 1.93 bits per heavy atom. The Hall–Kier alpha value is -1.74.